The molecule has 0 radical (unpaired) electrons. The topological polar surface area (TPSA) is 82.1 Å². The monoisotopic (exact) mass is 368 g/mol. The molecular weight excluding hydrogens is 352 g/mol. The molecule has 0 unspecified atom stereocenters. The van der Waals surface area contributed by atoms with Gasteiger partial charge >= 0.3 is 0 Å². The molecule has 0 spiro atoms. The van der Waals surface area contributed by atoms with Gasteiger partial charge < -0.3 is 10.1 Å². The first-order valence-corrected chi connectivity index (χ1v) is 8.70. The van der Waals surface area contributed by atoms with E-state index in [0.29, 0.717) is 35.9 Å². The third-order valence-corrected chi connectivity index (χ3v) is 4.80. The second-order valence-electron chi connectivity index (χ2n) is 6.33. The van der Waals surface area contributed by atoms with E-state index < -0.39 is 0 Å². The molecule has 7 heteroatoms. The van der Waals surface area contributed by atoms with Crippen molar-refractivity contribution in [3.8, 4) is 17.1 Å². The molecule has 3 heterocycles. The molecule has 0 aliphatic carbocycles. The summed E-state index contributed by atoms with van der Waals surface area (Å²) in [5, 5.41) is 9.87. The number of hydrogen-bond acceptors (Lipinski definition) is 5. The Kier molecular flexibility index (Phi) is 4.44. The largest absolute Gasteiger partial charge is 0.506 e. The molecule has 1 aliphatic heterocycles. The van der Waals surface area contributed by atoms with Crippen molar-refractivity contribution in [2.45, 2.75) is 19.5 Å². The second kappa shape index (κ2) is 6.90. The molecule has 6 nitrogen and oxygen atoms in total. The van der Waals surface area contributed by atoms with Gasteiger partial charge in [0, 0.05) is 44.0 Å². The van der Waals surface area contributed by atoms with Crippen LogP contribution in [0.25, 0.3) is 11.4 Å². The van der Waals surface area contributed by atoms with Gasteiger partial charge in [-0.15, -0.1) is 0 Å². The second-order valence-corrected chi connectivity index (χ2v) is 6.74. The van der Waals surface area contributed by atoms with Gasteiger partial charge in [0.2, 0.25) is 0 Å². The Morgan fingerprint density at radius 1 is 1.31 bits per heavy atom. The quantitative estimate of drug-likeness (QED) is 0.742. The van der Waals surface area contributed by atoms with E-state index in [0.717, 1.165) is 23.4 Å². The summed E-state index contributed by atoms with van der Waals surface area (Å²) in [6.07, 6.45) is 4.08. The van der Waals surface area contributed by atoms with E-state index in [1.54, 1.807) is 24.5 Å². The zero-order chi connectivity index (χ0) is 18.1. The Morgan fingerprint density at radius 2 is 2.19 bits per heavy atom. The lowest BCUT2D eigenvalue weighted by Gasteiger charge is -2.27. The standard InChI is InChI=1S/C19H17ClN4O2/c20-15-8-12(3-4-17(15)25)10-24-7-5-16-14(11-24)19(26)23-18(22-16)13-2-1-6-21-9-13/h1-4,6,8-9,25H,5,7,10-11H2,(H,22,23,26). The molecule has 2 N–H and O–H groups in total. The van der Waals surface area contributed by atoms with Gasteiger partial charge in [0.15, 0.2) is 0 Å². The highest BCUT2D eigenvalue weighted by atomic mass is 35.5. The molecule has 0 amide bonds. The first-order valence-electron chi connectivity index (χ1n) is 8.32. The Labute approximate surface area is 155 Å². The van der Waals surface area contributed by atoms with Crippen LogP contribution in [0, 0.1) is 0 Å². The number of phenolic OH excluding ortho intramolecular Hbond substituents is 1. The molecule has 3 aromatic rings. The van der Waals surface area contributed by atoms with Crippen LogP contribution in [0.3, 0.4) is 0 Å². The third-order valence-electron chi connectivity index (χ3n) is 4.50. The number of pyridine rings is 1. The maximum atomic E-state index is 12.6. The summed E-state index contributed by atoms with van der Waals surface area (Å²) in [6.45, 7) is 1.99. The number of fused-ring (bicyclic) bond motifs is 1. The number of nitrogens with zero attached hydrogens (tertiary/aromatic N) is 3. The van der Waals surface area contributed by atoms with Crippen LogP contribution >= 0.6 is 11.6 Å². The number of phenols is 1. The molecule has 1 aliphatic rings. The minimum absolute atomic E-state index is 0.0722. The third kappa shape index (κ3) is 3.34. The van der Waals surface area contributed by atoms with Crippen LogP contribution in [0.4, 0.5) is 0 Å². The molecule has 0 fully saturated rings. The van der Waals surface area contributed by atoms with Crippen molar-refractivity contribution in [2.75, 3.05) is 6.54 Å². The molecular formula is C19H17ClN4O2. The molecule has 0 saturated carbocycles. The average Bonchev–Trinajstić information content (AvgIpc) is 2.66. The van der Waals surface area contributed by atoms with Crippen molar-refractivity contribution in [3.63, 3.8) is 0 Å². The summed E-state index contributed by atoms with van der Waals surface area (Å²) >= 11 is 5.97. The number of aromatic amines is 1. The first kappa shape index (κ1) is 16.8. The Bertz CT molecular complexity index is 1000. The van der Waals surface area contributed by atoms with Crippen molar-refractivity contribution in [1.29, 1.82) is 0 Å². The number of hydrogen-bond donors (Lipinski definition) is 2. The highest BCUT2D eigenvalue weighted by Gasteiger charge is 2.21. The van der Waals surface area contributed by atoms with Crippen LogP contribution in [-0.4, -0.2) is 31.5 Å². The van der Waals surface area contributed by atoms with Crippen molar-refractivity contribution in [1.82, 2.24) is 19.9 Å². The zero-order valence-corrected chi connectivity index (χ0v) is 14.7. The van der Waals surface area contributed by atoms with Gasteiger partial charge in [-0.2, -0.15) is 0 Å². The van der Waals surface area contributed by atoms with Gasteiger partial charge in [-0.05, 0) is 29.8 Å². The maximum Gasteiger partial charge on any atom is 0.255 e. The summed E-state index contributed by atoms with van der Waals surface area (Å²) in [5.41, 5.74) is 3.23. The van der Waals surface area contributed by atoms with E-state index in [9.17, 15) is 9.90 Å². The number of nitrogens with one attached hydrogen (secondary N) is 1. The van der Waals surface area contributed by atoms with Crippen LogP contribution in [0.5, 0.6) is 5.75 Å². The summed E-state index contributed by atoms with van der Waals surface area (Å²) in [5.74, 6) is 0.628. The fourth-order valence-electron chi connectivity index (χ4n) is 3.16. The van der Waals surface area contributed by atoms with Crippen LogP contribution in [0.1, 0.15) is 16.8 Å². The van der Waals surface area contributed by atoms with Gasteiger partial charge in [-0.1, -0.05) is 17.7 Å². The summed E-state index contributed by atoms with van der Waals surface area (Å²) in [6, 6.07) is 8.87. The fraction of sp³-hybridized carbons (Fsp3) is 0.211. The van der Waals surface area contributed by atoms with Gasteiger partial charge in [0.25, 0.3) is 5.56 Å². The summed E-state index contributed by atoms with van der Waals surface area (Å²) in [4.78, 5) is 26.3. The fourth-order valence-corrected chi connectivity index (χ4v) is 3.37. The highest BCUT2D eigenvalue weighted by Crippen LogP contribution is 2.25. The Hall–Kier alpha value is -2.70. The number of benzene rings is 1. The van der Waals surface area contributed by atoms with Crippen LogP contribution in [0.2, 0.25) is 5.02 Å². The van der Waals surface area contributed by atoms with E-state index >= 15 is 0 Å². The van der Waals surface area contributed by atoms with E-state index in [1.165, 1.54) is 0 Å². The van der Waals surface area contributed by atoms with E-state index in [4.69, 9.17) is 11.6 Å². The first-order chi connectivity index (χ1) is 12.6. The molecule has 0 saturated heterocycles. The zero-order valence-electron chi connectivity index (χ0n) is 13.9. The van der Waals surface area contributed by atoms with Crippen LogP contribution < -0.4 is 5.56 Å². The predicted octanol–water partition coefficient (Wildman–Crippen LogP) is 2.75. The molecule has 0 atom stereocenters. The number of halogens is 1. The number of H-pyrrole nitrogens is 1. The SMILES string of the molecule is O=c1[nH]c(-c2cccnc2)nc2c1CN(Cc1ccc(O)c(Cl)c1)CC2. The smallest absolute Gasteiger partial charge is 0.255 e. The van der Waals surface area contributed by atoms with Crippen molar-refractivity contribution < 1.29 is 5.11 Å². The lowest BCUT2D eigenvalue weighted by molar-refractivity contribution is 0.242. The predicted molar refractivity (Wildman–Crippen MR) is 99.0 cm³/mol. The Morgan fingerprint density at radius 3 is 2.96 bits per heavy atom. The van der Waals surface area contributed by atoms with Crippen LogP contribution in [-0.2, 0) is 19.5 Å². The average molecular weight is 369 g/mol. The lowest BCUT2D eigenvalue weighted by Crippen LogP contribution is -2.35. The summed E-state index contributed by atoms with van der Waals surface area (Å²) < 4.78 is 0. The normalized spacial score (nSPS) is 14.2. The lowest BCUT2D eigenvalue weighted by atomic mass is 10.1. The van der Waals surface area contributed by atoms with Crippen molar-refractivity contribution >= 4 is 11.6 Å². The summed E-state index contributed by atoms with van der Waals surface area (Å²) in [7, 11) is 0. The molecule has 2 aromatic heterocycles. The minimum atomic E-state index is -0.109. The molecule has 1 aromatic carbocycles. The minimum Gasteiger partial charge on any atom is -0.506 e. The number of aromatic nitrogens is 3. The Balaban J connectivity index is 1.57. The van der Waals surface area contributed by atoms with Gasteiger partial charge in [-0.3, -0.25) is 14.7 Å². The van der Waals surface area contributed by atoms with Gasteiger partial charge in [0.1, 0.15) is 11.6 Å². The van der Waals surface area contributed by atoms with E-state index in [1.807, 2.05) is 18.2 Å². The van der Waals surface area contributed by atoms with E-state index in [-0.39, 0.29) is 11.3 Å². The van der Waals surface area contributed by atoms with Gasteiger partial charge in [0.05, 0.1) is 16.3 Å². The highest BCUT2D eigenvalue weighted by molar-refractivity contribution is 6.32. The van der Waals surface area contributed by atoms with E-state index in [2.05, 4.69) is 19.9 Å². The number of aromatic hydroxyl groups is 1. The molecule has 0 bridgehead atoms. The molecule has 4 rings (SSSR count). The van der Waals surface area contributed by atoms with Crippen LogP contribution in [0.15, 0.2) is 47.5 Å². The molecule has 132 valence electrons. The van der Waals surface area contributed by atoms with Gasteiger partial charge in [-0.25, -0.2) is 4.98 Å². The number of rotatable bonds is 3. The maximum absolute atomic E-state index is 12.6. The molecule has 26 heavy (non-hydrogen) atoms. The van der Waals surface area contributed by atoms with Crippen molar-refractivity contribution in [2.24, 2.45) is 0 Å². The van der Waals surface area contributed by atoms with Crippen molar-refractivity contribution in [3.05, 3.63) is 74.9 Å².